The molecule has 1 saturated carbocycles. The number of amides is 3. The molecule has 7 nitrogen and oxygen atoms in total. The normalized spacial score (nSPS) is 27.3. The van der Waals surface area contributed by atoms with Gasteiger partial charge in [0.2, 0.25) is 5.91 Å². The first-order chi connectivity index (χ1) is 8.38. The quantitative estimate of drug-likeness (QED) is 0.557. The van der Waals surface area contributed by atoms with Crippen LogP contribution >= 0.6 is 0 Å². The third kappa shape index (κ3) is 3.12. The lowest BCUT2D eigenvalue weighted by Gasteiger charge is -2.39. The summed E-state index contributed by atoms with van der Waals surface area (Å²) in [4.78, 5) is 33.5. The summed E-state index contributed by atoms with van der Waals surface area (Å²) in [5.41, 5.74) is 3.65. The number of carboxylic acid groups (broad SMARTS) is 1. The molecule has 2 atom stereocenters. The van der Waals surface area contributed by atoms with Gasteiger partial charge < -0.3 is 21.5 Å². The molecule has 0 saturated heterocycles. The third-order valence-electron chi connectivity index (χ3n) is 3.44. The van der Waals surface area contributed by atoms with Gasteiger partial charge in [-0.05, 0) is 18.8 Å². The highest BCUT2D eigenvalue weighted by atomic mass is 16.4. The Kier molecular flexibility index (Phi) is 4.52. The van der Waals surface area contributed by atoms with Crippen LogP contribution in [0.15, 0.2) is 0 Å². The highest BCUT2D eigenvalue weighted by Gasteiger charge is 2.46. The molecule has 0 bridgehead atoms. The van der Waals surface area contributed by atoms with Crippen molar-refractivity contribution in [3.8, 4) is 0 Å². The number of nitrogens with one attached hydrogen (secondary N) is 2. The molecule has 0 aliphatic heterocycles. The third-order valence-corrected chi connectivity index (χ3v) is 3.44. The molecule has 0 radical (unpaired) electrons. The van der Waals surface area contributed by atoms with Crippen molar-refractivity contribution < 1.29 is 19.5 Å². The Morgan fingerprint density at radius 2 is 2.06 bits per heavy atom. The van der Waals surface area contributed by atoms with Gasteiger partial charge in [0.15, 0.2) is 0 Å². The summed E-state index contributed by atoms with van der Waals surface area (Å²) >= 11 is 0. The predicted molar refractivity (Wildman–Crippen MR) is 63.7 cm³/mol. The second kappa shape index (κ2) is 5.70. The van der Waals surface area contributed by atoms with Crippen LogP contribution in [-0.4, -0.2) is 35.1 Å². The molecule has 5 N–H and O–H groups in total. The summed E-state index contributed by atoms with van der Waals surface area (Å²) in [5, 5.41) is 14.1. The van der Waals surface area contributed by atoms with E-state index in [1.165, 1.54) is 0 Å². The van der Waals surface area contributed by atoms with Gasteiger partial charge in [-0.3, -0.25) is 4.79 Å². The summed E-state index contributed by atoms with van der Waals surface area (Å²) in [6.07, 6.45) is 2.86. The first kappa shape index (κ1) is 14.3. The molecule has 0 aromatic carbocycles. The van der Waals surface area contributed by atoms with Gasteiger partial charge >= 0.3 is 12.0 Å². The summed E-state index contributed by atoms with van der Waals surface area (Å²) in [6, 6.07) is -0.676. The van der Waals surface area contributed by atoms with E-state index in [9.17, 15) is 19.5 Å². The van der Waals surface area contributed by atoms with Crippen molar-refractivity contribution in [1.29, 1.82) is 0 Å². The van der Waals surface area contributed by atoms with Crippen LogP contribution in [0.2, 0.25) is 0 Å². The maximum Gasteiger partial charge on any atom is 0.329 e. The van der Waals surface area contributed by atoms with Gasteiger partial charge in [-0.1, -0.05) is 19.8 Å². The lowest BCUT2D eigenvalue weighted by molar-refractivity contribution is -0.148. The number of carbonyl (C=O) groups is 3. The number of urea groups is 1. The number of carbonyl (C=O) groups excluding carboxylic acids is 2. The Hall–Kier alpha value is -1.79. The zero-order valence-corrected chi connectivity index (χ0v) is 10.4. The largest absolute Gasteiger partial charge is 0.479 e. The molecule has 0 aromatic heterocycles. The van der Waals surface area contributed by atoms with E-state index in [0.717, 1.165) is 19.3 Å². The molecule has 3 amide bonds. The van der Waals surface area contributed by atoms with Gasteiger partial charge in [-0.25, -0.2) is 9.59 Å². The Morgan fingerprint density at radius 3 is 2.56 bits per heavy atom. The van der Waals surface area contributed by atoms with E-state index in [0.29, 0.717) is 6.42 Å². The minimum Gasteiger partial charge on any atom is -0.479 e. The molecule has 0 spiro atoms. The lowest BCUT2D eigenvalue weighted by Crippen LogP contribution is -2.62. The molecule has 0 aromatic rings. The van der Waals surface area contributed by atoms with E-state index < -0.39 is 23.4 Å². The van der Waals surface area contributed by atoms with E-state index >= 15 is 0 Å². The average molecular weight is 257 g/mol. The van der Waals surface area contributed by atoms with Crippen molar-refractivity contribution in [2.45, 2.75) is 38.1 Å². The monoisotopic (exact) mass is 257 g/mol. The molecule has 0 heterocycles. The number of rotatable bonds is 4. The first-order valence-electron chi connectivity index (χ1n) is 5.96. The number of primary amides is 1. The predicted octanol–water partition coefficient (Wildman–Crippen LogP) is -0.196. The standard InChI is InChI=1S/C11H19N3O4/c1-7-4-2-3-5-11(7,9(16)17)14-10(18)13-6-8(12)15/h7H,2-6H2,1H3,(H2,12,15)(H,16,17)(H2,13,14,18). The number of aliphatic carboxylic acids is 1. The van der Waals surface area contributed by atoms with Crippen molar-refractivity contribution in [2.75, 3.05) is 6.54 Å². The van der Waals surface area contributed by atoms with Crippen LogP contribution in [0.5, 0.6) is 0 Å². The Morgan fingerprint density at radius 1 is 1.39 bits per heavy atom. The molecule has 1 rings (SSSR count). The fourth-order valence-electron chi connectivity index (χ4n) is 2.32. The van der Waals surface area contributed by atoms with Crippen LogP contribution in [0.3, 0.4) is 0 Å². The summed E-state index contributed by atoms with van der Waals surface area (Å²) in [5.74, 6) is -1.86. The maximum absolute atomic E-state index is 11.6. The molecule has 1 fully saturated rings. The lowest BCUT2D eigenvalue weighted by atomic mass is 9.73. The molecule has 102 valence electrons. The Balaban J connectivity index is 2.70. The summed E-state index contributed by atoms with van der Waals surface area (Å²) in [7, 11) is 0. The van der Waals surface area contributed by atoms with E-state index in [2.05, 4.69) is 10.6 Å². The number of carboxylic acids is 1. The van der Waals surface area contributed by atoms with Crippen molar-refractivity contribution in [3.63, 3.8) is 0 Å². The van der Waals surface area contributed by atoms with Crippen LogP contribution in [-0.2, 0) is 9.59 Å². The van der Waals surface area contributed by atoms with E-state index in [1.54, 1.807) is 0 Å². The van der Waals surface area contributed by atoms with Gasteiger partial charge in [0.1, 0.15) is 5.54 Å². The molecular formula is C11H19N3O4. The molecule has 7 heteroatoms. The maximum atomic E-state index is 11.6. The summed E-state index contributed by atoms with van der Waals surface area (Å²) < 4.78 is 0. The fraction of sp³-hybridized carbons (Fsp3) is 0.727. The fourth-order valence-corrected chi connectivity index (χ4v) is 2.32. The zero-order chi connectivity index (χ0) is 13.8. The van der Waals surface area contributed by atoms with Crippen molar-refractivity contribution in [1.82, 2.24) is 10.6 Å². The van der Waals surface area contributed by atoms with E-state index in [-0.39, 0.29) is 12.5 Å². The SMILES string of the molecule is CC1CCCCC1(NC(=O)NCC(N)=O)C(=O)O. The molecule has 1 aliphatic rings. The van der Waals surface area contributed by atoms with Gasteiger partial charge in [-0.15, -0.1) is 0 Å². The van der Waals surface area contributed by atoms with Crippen molar-refractivity contribution in [2.24, 2.45) is 11.7 Å². The first-order valence-corrected chi connectivity index (χ1v) is 5.96. The highest BCUT2D eigenvalue weighted by Crippen LogP contribution is 2.33. The van der Waals surface area contributed by atoms with E-state index in [4.69, 9.17) is 5.73 Å². The number of hydrogen-bond donors (Lipinski definition) is 4. The Labute approximate surface area is 105 Å². The van der Waals surface area contributed by atoms with Gasteiger partial charge in [0.05, 0.1) is 6.54 Å². The highest BCUT2D eigenvalue weighted by molar-refractivity contribution is 5.88. The molecule has 18 heavy (non-hydrogen) atoms. The number of nitrogens with two attached hydrogens (primary N) is 1. The molecule has 2 unspecified atom stereocenters. The van der Waals surface area contributed by atoms with Crippen LogP contribution < -0.4 is 16.4 Å². The smallest absolute Gasteiger partial charge is 0.329 e. The van der Waals surface area contributed by atoms with Crippen molar-refractivity contribution in [3.05, 3.63) is 0 Å². The zero-order valence-electron chi connectivity index (χ0n) is 10.4. The minimum absolute atomic E-state index is 0.150. The van der Waals surface area contributed by atoms with Gasteiger partial charge in [-0.2, -0.15) is 0 Å². The van der Waals surface area contributed by atoms with E-state index in [1.807, 2.05) is 6.92 Å². The second-order valence-corrected chi connectivity index (χ2v) is 4.70. The topological polar surface area (TPSA) is 122 Å². The second-order valence-electron chi connectivity index (χ2n) is 4.70. The van der Waals surface area contributed by atoms with Gasteiger partial charge in [0.25, 0.3) is 0 Å². The minimum atomic E-state index is -1.25. The summed E-state index contributed by atoms with van der Waals surface area (Å²) in [6.45, 7) is 1.50. The number of hydrogen-bond acceptors (Lipinski definition) is 3. The van der Waals surface area contributed by atoms with Crippen molar-refractivity contribution >= 4 is 17.9 Å². The molecular weight excluding hydrogens is 238 g/mol. The van der Waals surface area contributed by atoms with Crippen LogP contribution in [0.25, 0.3) is 0 Å². The van der Waals surface area contributed by atoms with Crippen LogP contribution in [0, 0.1) is 5.92 Å². The van der Waals surface area contributed by atoms with Gasteiger partial charge in [0, 0.05) is 0 Å². The average Bonchev–Trinajstić information content (AvgIpc) is 2.29. The molecule has 1 aliphatic carbocycles. The van der Waals surface area contributed by atoms with Crippen LogP contribution in [0.4, 0.5) is 4.79 Å². The Bertz CT molecular complexity index is 358. The van der Waals surface area contributed by atoms with Crippen LogP contribution in [0.1, 0.15) is 32.6 Å².